The molecule has 0 aliphatic heterocycles. The van der Waals surface area contributed by atoms with Crippen LogP contribution in [0.3, 0.4) is 0 Å². The number of hydrogen-bond donors (Lipinski definition) is 2. The molecular weight excluding hydrogens is 327 g/mol. The van der Waals surface area contributed by atoms with Crippen LogP contribution in [0.5, 0.6) is 0 Å². The maximum absolute atomic E-state index is 12.5. The quantitative estimate of drug-likeness (QED) is 0.891. The van der Waals surface area contributed by atoms with E-state index < -0.39 is 35.7 Å². The predicted molar refractivity (Wildman–Crippen MR) is 75.9 cm³/mol. The number of aliphatic hydroxyl groups is 1. The van der Waals surface area contributed by atoms with Crippen molar-refractivity contribution in [2.75, 3.05) is 0 Å². The van der Waals surface area contributed by atoms with Crippen LogP contribution in [0, 0.1) is 5.92 Å². The Morgan fingerprint density at radius 2 is 2.21 bits per heavy atom. The summed E-state index contributed by atoms with van der Waals surface area (Å²) in [4.78, 5) is 12.0. The Balaban J connectivity index is 1.59. The highest BCUT2D eigenvalue weighted by Crippen LogP contribution is 2.31. The van der Waals surface area contributed by atoms with Gasteiger partial charge >= 0.3 is 6.18 Å². The molecule has 0 saturated heterocycles. The van der Waals surface area contributed by atoms with E-state index in [1.807, 2.05) is 0 Å². The number of rotatable bonds is 4. The number of aliphatic hydroxyl groups excluding tert-OH is 1. The zero-order valence-electron chi connectivity index (χ0n) is 12.5. The fourth-order valence-electron chi connectivity index (χ4n) is 2.95. The van der Waals surface area contributed by atoms with Gasteiger partial charge in [0.2, 0.25) is 5.76 Å². The third kappa shape index (κ3) is 3.61. The van der Waals surface area contributed by atoms with Gasteiger partial charge in [-0.05, 0) is 37.0 Å². The van der Waals surface area contributed by atoms with Crippen LogP contribution in [-0.4, -0.2) is 32.9 Å². The van der Waals surface area contributed by atoms with E-state index in [4.69, 9.17) is 0 Å². The van der Waals surface area contributed by atoms with Gasteiger partial charge in [-0.1, -0.05) is 0 Å². The molecule has 1 aliphatic rings. The summed E-state index contributed by atoms with van der Waals surface area (Å²) in [6.07, 6.45) is -0.942. The van der Waals surface area contributed by atoms with Gasteiger partial charge in [-0.2, -0.15) is 18.3 Å². The highest BCUT2D eigenvalue weighted by atomic mass is 19.4. The molecular formula is C15H16F3N3O3. The molecule has 0 aromatic carbocycles. The van der Waals surface area contributed by atoms with E-state index >= 15 is 0 Å². The minimum absolute atomic E-state index is 0.118. The number of hydrogen-bond acceptors (Lipinski definition) is 4. The number of alkyl halides is 3. The minimum Gasteiger partial charge on any atom is -0.446 e. The lowest BCUT2D eigenvalue weighted by molar-refractivity contribution is -0.153. The van der Waals surface area contributed by atoms with E-state index in [9.17, 15) is 23.1 Å². The predicted octanol–water partition coefficient (Wildman–Crippen LogP) is 2.06. The first-order valence-corrected chi connectivity index (χ1v) is 7.46. The molecule has 0 bridgehead atoms. The molecule has 0 spiro atoms. The van der Waals surface area contributed by atoms with Crippen LogP contribution in [0.15, 0.2) is 35.0 Å². The molecule has 3 atom stereocenters. The number of halogens is 3. The maximum atomic E-state index is 12.5. The molecule has 1 aliphatic carbocycles. The SMILES string of the molecule is O=C(N[C@@H]1CC(Cn2cccn2)C[C@H]1O)c1ccc(C(F)(F)F)o1. The van der Waals surface area contributed by atoms with E-state index in [0.29, 0.717) is 25.5 Å². The second-order valence-corrected chi connectivity index (χ2v) is 5.87. The standard InChI is InChI=1S/C15H16F3N3O3/c16-15(17,18)13-3-2-12(24-13)14(23)20-10-6-9(7-11(10)22)8-21-5-1-4-19-21/h1-5,9-11,22H,6-8H2,(H,20,23)/t9?,10-,11-/m1/s1. The van der Waals surface area contributed by atoms with Crippen molar-refractivity contribution in [2.45, 2.75) is 37.7 Å². The van der Waals surface area contributed by atoms with Gasteiger partial charge in [0.1, 0.15) is 0 Å². The molecule has 2 aromatic heterocycles. The number of nitrogens with zero attached hydrogens (tertiary/aromatic N) is 2. The maximum Gasteiger partial charge on any atom is 0.449 e. The lowest BCUT2D eigenvalue weighted by Gasteiger charge is -2.15. The Kier molecular flexibility index (Phi) is 4.35. The van der Waals surface area contributed by atoms with E-state index in [-0.39, 0.29) is 5.92 Å². The summed E-state index contributed by atoms with van der Waals surface area (Å²) in [6.45, 7) is 0.607. The number of amides is 1. The third-order valence-corrected chi connectivity index (χ3v) is 4.06. The summed E-state index contributed by atoms with van der Waals surface area (Å²) in [5.41, 5.74) is 0. The molecule has 2 heterocycles. The van der Waals surface area contributed by atoms with Crippen LogP contribution in [0.2, 0.25) is 0 Å². The largest absolute Gasteiger partial charge is 0.449 e. The van der Waals surface area contributed by atoms with Crippen molar-refractivity contribution in [2.24, 2.45) is 5.92 Å². The molecule has 2 aromatic rings. The van der Waals surface area contributed by atoms with Crippen molar-refractivity contribution in [3.05, 3.63) is 42.1 Å². The van der Waals surface area contributed by atoms with Crippen LogP contribution >= 0.6 is 0 Å². The molecule has 1 saturated carbocycles. The molecule has 1 fully saturated rings. The molecule has 2 N–H and O–H groups in total. The van der Waals surface area contributed by atoms with Gasteiger partial charge in [0.15, 0.2) is 5.76 Å². The molecule has 6 nitrogen and oxygen atoms in total. The number of furan rings is 1. The normalized spacial score (nSPS) is 24.2. The Morgan fingerprint density at radius 1 is 1.42 bits per heavy atom. The summed E-state index contributed by atoms with van der Waals surface area (Å²) < 4.78 is 43.7. The topological polar surface area (TPSA) is 80.3 Å². The summed E-state index contributed by atoms with van der Waals surface area (Å²) in [5, 5.41) is 16.7. The summed E-state index contributed by atoms with van der Waals surface area (Å²) in [5.74, 6) is -2.30. The summed E-state index contributed by atoms with van der Waals surface area (Å²) in [6, 6.07) is 2.94. The highest BCUT2D eigenvalue weighted by molar-refractivity contribution is 5.91. The van der Waals surface area contributed by atoms with Crippen molar-refractivity contribution in [1.82, 2.24) is 15.1 Å². The van der Waals surface area contributed by atoms with Crippen molar-refractivity contribution < 1.29 is 27.5 Å². The zero-order valence-corrected chi connectivity index (χ0v) is 12.5. The first-order chi connectivity index (χ1) is 11.3. The number of carbonyl (C=O) groups is 1. The van der Waals surface area contributed by atoms with Gasteiger partial charge in [0.25, 0.3) is 5.91 Å². The first-order valence-electron chi connectivity index (χ1n) is 7.46. The van der Waals surface area contributed by atoms with Gasteiger partial charge in [-0.3, -0.25) is 9.48 Å². The lowest BCUT2D eigenvalue weighted by atomic mass is 10.1. The Labute approximate surface area is 135 Å². The molecule has 1 unspecified atom stereocenters. The smallest absolute Gasteiger partial charge is 0.446 e. The second kappa shape index (κ2) is 6.31. The average Bonchev–Trinajstić information content (AvgIpc) is 3.21. The van der Waals surface area contributed by atoms with Crippen LogP contribution in [0.25, 0.3) is 0 Å². The van der Waals surface area contributed by atoms with Gasteiger partial charge < -0.3 is 14.8 Å². The molecule has 0 radical (unpaired) electrons. The average molecular weight is 343 g/mol. The van der Waals surface area contributed by atoms with Gasteiger partial charge in [-0.15, -0.1) is 0 Å². The van der Waals surface area contributed by atoms with Crippen LogP contribution in [-0.2, 0) is 12.7 Å². The Hall–Kier alpha value is -2.29. The van der Waals surface area contributed by atoms with Crippen molar-refractivity contribution >= 4 is 5.91 Å². The summed E-state index contributed by atoms with van der Waals surface area (Å²) in [7, 11) is 0. The molecule has 24 heavy (non-hydrogen) atoms. The van der Waals surface area contributed by atoms with Crippen LogP contribution in [0.4, 0.5) is 13.2 Å². The zero-order chi connectivity index (χ0) is 17.3. The van der Waals surface area contributed by atoms with Crippen molar-refractivity contribution in [3.63, 3.8) is 0 Å². The Morgan fingerprint density at radius 3 is 2.83 bits per heavy atom. The van der Waals surface area contributed by atoms with E-state index in [1.165, 1.54) is 0 Å². The van der Waals surface area contributed by atoms with E-state index in [1.54, 1.807) is 23.1 Å². The Bertz CT molecular complexity index is 696. The van der Waals surface area contributed by atoms with Crippen molar-refractivity contribution in [1.29, 1.82) is 0 Å². The number of carbonyl (C=O) groups excluding carboxylic acids is 1. The fraction of sp³-hybridized carbons (Fsp3) is 0.467. The highest BCUT2D eigenvalue weighted by Gasteiger charge is 2.37. The van der Waals surface area contributed by atoms with Gasteiger partial charge in [0.05, 0.1) is 12.1 Å². The van der Waals surface area contributed by atoms with E-state index in [0.717, 1.165) is 6.07 Å². The summed E-state index contributed by atoms with van der Waals surface area (Å²) >= 11 is 0. The molecule has 3 rings (SSSR count). The fourth-order valence-corrected chi connectivity index (χ4v) is 2.95. The van der Waals surface area contributed by atoms with Crippen LogP contribution < -0.4 is 5.32 Å². The minimum atomic E-state index is -4.64. The van der Waals surface area contributed by atoms with E-state index in [2.05, 4.69) is 14.8 Å². The number of nitrogens with one attached hydrogen (secondary N) is 1. The molecule has 130 valence electrons. The molecule has 9 heteroatoms. The van der Waals surface area contributed by atoms with Gasteiger partial charge in [0, 0.05) is 18.9 Å². The molecule has 1 amide bonds. The monoisotopic (exact) mass is 343 g/mol. The lowest BCUT2D eigenvalue weighted by Crippen LogP contribution is -2.39. The van der Waals surface area contributed by atoms with Crippen LogP contribution in [0.1, 0.15) is 29.2 Å². The third-order valence-electron chi connectivity index (χ3n) is 4.06. The van der Waals surface area contributed by atoms with Crippen molar-refractivity contribution in [3.8, 4) is 0 Å². The second-order valence-electron chi connectivity index (χ2n) is 5.87. The first kappa shape index (κ1) is 16.6. The van der Waals surface area contributed by atoms with Gasteiger partial charge in [-0.25, -0.2) is 0 Å². The number of aromatic nitrogens is 2.